The monoisotopic (exact) mass is 343 g/mol. The van der Waals surface area contributed by atoms with E-state index in [-0.39, 0.29) is 29.3 Å². The number of halogens is 1. The molecule has 0 bridgehead atoms. The van der Waals surface area contributed by atoms with E-state index in [0.29, 0.717) is 18.1 Å². The average molecular weight is 344 g/mol. The van der Waals surface area contributed by atoms with E-state index < -0.39 is 5.72 Å². The van der Waals surface area contributed by atoms with Gasteiger partial charge in [0.05, 0.1) is 11.6 Å². The van der Waals surface area contributed by atoms with Crippen LogP contribution >= 0.6 is 11.6 Å². The second-order valence-electron chi connectivity index (χ2n) is 6.92. The maximum Gasteiger partial charge on any atom is 0.200 e. The molecule has 0 amide bonds. The second-order valence-corrected chi connectivity index (χ2v) is 7.27. The summed E-state index contributed by atoms with van der Waals surface area (Å²) in [4.78, 5) is 8.06. The molecule has 2 aliphatic rings. The van der Waals surface area contributed by atoms with Gasteiger partial charge in [0.15, 0.2) is 23.5 Å². The molecule has 0 aliphatic carbocycles. The van der Waals surface area contributed by atoms with Gasteiger partial charge >= 0.3 is 0 Å². The summed E-state index contributed by atoms with van der Waals surface area (Å²) in [6.07, 6.45) is 0.784. The predicted octanol–water partition coefficient (Wildman–Crippen LogP) is 1.13. The molecule has 0 saturated carbocycles. The van der Waals surface area contributed by atoms with Gasteiger partial charge in [0.25, 0.3) is 0 Å². The summed E-state index contributed by atoms with van der Waals surface area (Å²) in [7, 11) is 0. The van der Waals surface area contributed by atoms with Crippen molar-refractivity contribution in [1.29, 1.82) is 0 Å². The van der Waals surface area contributed by atoms with Crippen LogP contribution in [-0.4, -0.2) is 51.5 Å². The molecule has 4 N–H and O–H groups in total. The zero-order chi connectivity index (χ0) is 16.8. The van der Waals surface area contributed by atoms with Gasteiger partial charge in [-0.1, -0.05) is 11.6 Å². The summed E-state index contributed by atoms with van der Waals surface area (Å²) in [6.45, 7) is 7.99. The zero-order valence-corrected chi connectivity index (χ0v) is 14.3. The molecule has 3 rings (SSSR count). The van der Waals surface area contributed by atoms with Gasteiger partial charge < -0.3 is 25.2 Å². The van der Waals surface area contributed by atoms with Crippen molar-refractivity contribution in [2.45, 2.75) is 57.6 Å². The predicted molar refractivity (Wildman–Crippen MR) is 86.2 cm³/mol. The lowest BCUT2D eigenvalue weighted by Crippen LogP contribution is -2.57. The molecule has 4 atom stereocenters. The Bertz CT molecular complexity index is 592. The normalized spacial score (nSPS) is 33.2. The van der Waals surface area contributed by atoms with E-state index in [1.54, 1.807) is 6.92 Å². The molecule has 1 aromatic rings. The van der Waals surface area contributed by atoms with Crippen molar-refractivity contribution >= 4 is 23.1 Å². The standard InChI is InChI=1S/C14H22ClN5O3/c1-13(2,3)23-12-11(22-12)19-7-5-16-10-8(20-14(7,4)21)9(15)17-6-18-10/h6-7,11-12,19-21H,5H2,1-4H3,(H,16,17,18)/t7-,11?,12-,14?/m0/s1. The number of nitrogens with one attached hydrogen (secondary N) is 3. The summed E-state index contributed by atoms with van der Waals surface area (Å²) < 4.78 is 11.2. The number of epoxide rings is 1. The lowest BCUT2D eigenvalue weighted by atomic mass is 10.1. The fourth-order valence-corrected chi connectivity index (χ4v) is 2.60. The molecule has 2 aliphatic heterocycles. The molecule has 0 spiro atoms. The van der Waals surface area contributed by atoms with Crippen LogP contribution in [0.2, 0.25) is 5.15 Å². The van der Waals surface area contributed by atoms with E-state index in [0.717, 1.165) is 0 Å². The molecule has 3 heterocycles. The van der Waals surface area contributed by atoms with Crippen LogP contribution < -0.4 is 16.0 Å². The molecule has 0 aromatic carbocycles. The average Bonchev–Trinajstić information content (AvgIpc) is 3.14. The van der Waals surface area contributed by atoms with Crippen molar-refractivity contribution in [3.05, 3.63) is 11.5 Å². The Morgan fingerprint density at radius 3 is 2.91 bits per heavy atom. The highest BCUT2D eigenvalue weighted by molar-refractivity contribution is 6.32. The Hall–Kier alpha value is -1.19. The van der Waals surface area contributed by atoms with Crippen molar-refractivity contribution in [2.75, 3.05) is 17.2 Å². The van der Waals surface area contributed by atoms with E-state index in [1.807, 2.05) is 20.8 Å². The first-order valence-corrected chi connectivity index (χ1v) is 7.88. The first-order valence-electron chi connectivity index (χ1n) is 7.50. The Balaban J connectivity index is 1.67. The van der Waals surface area contributed by atoms with E-state index in [4.69, 9.17) is 21.1 Å². The van der Waals surface area contributed by atoms with Gasteiger partial charge in [-0.2, -0.15) is 0 Å². The minimum Gasteiger partial charge on any atom is -0.370 e. The maximum absolute atomic E-state index is 10.8. The number of ether oxygens (including phenoxy) is 2. The first kappa shape index (κ1) is 16.7. The Morgan fingerprint density at radius 2 is 2.22 bits per heavy atom. The number of hydrogen-bond donors (Lipinski definition) is 4. The molecule has 1 saturated heterocycles. The molecule has 128 valence electrons. The van der Waals surface area contributed by atoms with Gasteiger partial charge in [-0.15, -0.1) is 0 Å². The van der Waals surface area contributed by atoms with E-state index >= 15 is 0 Å². The quantitative estimate of drug-likeness (QED) is 0.478. The molecular weight excluding hydrogens is 322 g/mol. The van der Waals surface area contributed by atoms with Gasteiger partial charge in [-0.05, 0) is 27.7 Å². The number of anilines is 2. The van der Waals surface area contributed by atoms with Crippen LogP contribution in [-0.2, 0) is 9.47 Å². The van der Waals surface area contributed by atoms with E-state index in [1.165, 1.54) is 6.33 Å². The van der Waals surface area contributed by atoms with Crippen molar-refractivity contribution in [2.24, 2.45) is 0 Å². The Morgan fingerprint density at radius 1 is 1.48 bits per heavy atom. The summed E-state index contributed by atoms with van der Waals surface area (Å²) in [5.41, 5.74) is -1.09. The molecule has 9 heteroatoms. The largest absolute Gasteiger partial charge is 0.370 e. The summed E-state index contributed by atoms with van der Waals surface area (Å²) in [6, 6.07) is -0.355. The molecule has 1 fully saturated rings. The van der Waals surface area contributed by atoms with Gasteiger partial charge in [-0.3, -0.25) is 5.32 Å². The highest BCUT2D eigenvalue weighted by atomic mass is 35.5. The number of rotatable bonds is 3. The zero-order valence-electron chi connectivity index (χ0n) is 13.6. The number of aromatic nitrogens is 2. The van der Waals surface area contributed by atoms with Crippen molar-refractivity contribution in [1.82, 2.24) is 15.3 Å². The fourth-order valence-electron chi connectivity index (χ4n) is 2.42. The van der Waals surface area contributed by atoms with Crippen LogP contribution in [0.1, 0.15) is 27.7 Å². The number of nitrogens with zero attached hydrogens (tertiary/aromatic N) is 2. The van der Waals surface area contributed by atoms with Crippen LogP contribution in [0.3, 0.4) is 0 Å². The highest BCUT2D eigenvalue weighted by Gasteiger charge is 2.47. The Kier molecular flexibility index (Phi) is 4.14. The van der Waals surface area contributed by atoms with Crippen molar-refractivity contribution < 1.29 is 14.6 Å². The molecule has 2 unspecified atom stereocenters. The number of hydrogen-bond acceptors (Lipinski definition) is 8. The first-order chi connectivity index (χ1) is 10.7. The molecule has 23 heavy (non-hydrogen) atoms. The third-order valence-corrected chi connectivity index (χ3v) is 3.90. The van der Waals surface area contributed by atoms with Crippen LogP contribution in [0.25, 0.3) is 0 Å². The smallest absolute Gasteiger partial charge is 0.200 e. The van der Waals surface area contributed by atoms with E-state index in [9.17, 15) is 5.11 Å². The minimum absolute atomic E-state index is 0.250. The van der Waals surface area contributed by atoms with Crippen LogP contribution in [0.5, 0.6) is 0 Å². The van der Waals surface area contributed by atoms with Crippen molar-refractivity contribution in [3.8, 4) is 0 Å². The Labute approximate surface area is 139 Å². The van der Waals surface area contributed by atoms with Gasteiger partial charge in [0, 0.05) is 6.54 Å². The van der Waals surface area contributed by atoms with Gasteiger partial charge in [0.2, 0.25) is 0 Å². The van der Waals surface area contributed by atoms with Gasteiger partial charge in [0.1, 0.15) is 17.7 Å². The molecule has 8 nitrogen and oxygen atoms in total. The third-order valence-electron chi connectivity index (χ3n) is 3.62. The molecule has 1 aromatic heterocycles. The minimum atomic E-state index is -1.27. The van der Waals surface area contributed by atoms with Crippen LogP contribution in [0, 0.1) is 0 Å². The summed E-state index contributed by atoms with van der Waals surface area (Å²) in [5, 5.41) is 20.4. The highest BCUT2D eigenvalue weighted by Crippen LogP contribution is 2.33. The van der Waals surface area contributed by atoms with E-state index in [2.05, 4.69) is 25.9 Å². The molecule has 0 radical (unpaired) electrons. The number of fused-ring (bicyclic) bond motifs is 1. The SMILES string of the molecule is CC(C)(C)O[C@@H]1OC1N[C@H]1CNc2ncnc(Cl)c2NC1(C)O. The topological polar surface area (TPSA) is 104 Å². The molecular formula is C14H22ClN5O3. The van der Waals surface area contributed by atoms with Crippen LogP contribution in [0.4, 0.5) is 11.5 Å². The third kappa shape index (κ3) is 3.84. The number of aliphatic hydroxyl groups is 1. The second kappa shape index (κ2) is 5.71. The van der Waals surface area contributed by atoms with Gasteiger partial charge in [-0.25, -0.2) is 9.97 Å². The lowest BCUT2D eigenvalue weighted by Gasteiger charge is -2.32. The maximum atomic E-state index is 10.8. The fraction of sp³-hybridized carbons (Fsp3) is 0.714. The summed E-state index contributed by atoms with van der Waals surface area (Å²) in [5.74, 6) is 0.550. The van der Waals surface area contributed by atoms with Crippen molar-refractivity contribution in [3.63, 3.8) is 0 Å². The summed E-state index contributed by atoms with van der Waals surface area (Å²) >= 11 is 6.07. The van der Waals surface area contributed by atoms with Crippen LogP contribution in [0.15, 0.2) is 6.33 Å². The lowest BCUT2D eigenvalue weighted by molar-refractivity contribution is -0.0572.